The smallest absolute Gasteiger partial charge is 0.226 e. The van der Waals surface area contributed by atoms with Crippen LogP contribution in [0.1, 0.15) is 38.5 Å². The Labute approximate surface area is 181 Å². The van der Waals surface area contributed by atoms with Gasteiger partial charge in [-0.15, -0.1) is 24.8 Å². The molecule has 0 radical (unpaired) electrons. The van der Waals surface area contributed by atoms with Crippen molar-refractivity contribution < 1.29 is 9.59 Å². The molecule has 0 aromatic rings. The minimum atomic E-state index is 0. The highest BCUT2D eigenvalue weighted by Gasteiger charge is 2.58. The number of piperazine rings is 1. The van der Waals surface area contributed by atoms with Crippen LogP contribution in [0.25, 0.3) is 0 Å². The van der Waals surface area contributed by atoms with Gasteiger partial charge < -0.3 is 20.0 Å². The van der Waals surface area contributed by atoms with Crippen molar-refractivity contribution in [3.05, 3.63) is 0 Å². The van der Waals surface area contributed by atoms with Gasteiger partial charge in [0.2, 0.25) is 11.8 Å². The summed E-state index contributed by atoms with van der Waals surface area (Å²) in [5, 5.41) is 3.41. The Morgan fingerprint density at radius 3 is 2.14 bits per heavy atom. The molecule has 4 aliphatic rings. The number of rotatable bonds is 3. The Balaban J connectivity index is 0.00000140. The molecular formula is C20H36Cl2N4O2. The number of carbonyl (C=O) groups is 2. The van der Waals surface area contributed by atoms with Crippen LogP contribution in [-0.4, -0.2) is 85.9 Å². The van der Waals surface area contributed by atoms with Crippen molar-refractivity contribution in [1.29, 1.82) is 0 Å². The van der Waals surface area contributed by atoms with Crippen molar-refractivity contribution in [3.8, 4) is 0 Å². The Morgan fingerprint density at radius 1 is 0.929 bits per heavy atom. The van der Waals surface area contributed by atoms with Crippen molar-refractivity contribution in [2.45, 2.75) is 38.5 Å². The number of hydrogen-bond donors (Lipinski definition) is 1. The van der Waals surface area contributed by atoms with E-state index in [1.54, 1.807) is 0 Å². The van der Waals surface area contributed by atoms with Crippen LogP contribution >= 0.6 is 24.8 Å². The van der Waals surface area contributed by atoms with E-state index in [0.717, 1.165) is 71.6 Å². The highest BCUT2D eigenvalue weighted by atomic mass is 35.5. The Hall–Kier alpha value is -0.560. The van der Waals surface area contributed by atoms with Crippen molar-refractivity contribution in [2.24, 2.45) is 17.3 Å². The summed E-state index contributed by atoms with van der Waals surface area (Å²) < 4.78 is 0. The Bertz CT molecular complexity index is 540. The zero-order chi connectivity index (χ0) is 18.1. The SMILES string of the molecule is CN1CCN(C(=O)CC2CCN(C(=O)C3CC34CCNCC4)CC2)CC1.Cl.Cl. The third-order valence-electron chi connectivity index (χ3n) is 7.33. The summed E-state index contributed by atoms with van der Waals surface area (Å²) in [5.41, 5.74) is 0.330. The van der Waals surface area contributed by atoms with E-state index in [2.05, 4.69) is 22.2 Å². The number of amides is 2. The fraction of sp³-hybridized carbons (Fsp3) is 0.900. The van der Waals surface area contributed by atoms with Gasteiger partial charge in [-0.25, -0.2) is 0 Å². The highest BCUT2D eigenvalue weighted by Crippen LogP contribution is 2.59. The van der Waals surface area contributed by atoms with Gasteiger partial charge in [0.15, 0.2) is 0 Å². The molecule has 1 unspecified atom stereocenters. The van der Waals surface area contributed by atoms with Gasteiger partial charge in [-0.05, 0) is 63.6 Å². The highest BCUT2D eigenvalue weighted by molar-refractivity contribution is 5.85. The molecule has 162 valence electrons. The summed E-state index contributed by atoms with van der Waals surface area (Å²) in [6, 6.07) is 0. The second-order valence-electron chi connectivity index (χ2n) is 9.03. The van der Waals surface area contributed by atoms with E-state index in [9.17, 15) is 9.59 Å². The molecular weight excluding hydrogens is 399 g/mol. The molecule has 0 aromatic heterocycles. The number of halogens is 2. The summed E-state index contributed by atoms with van der Waals surface area (Å²) >= 11 is 0. The minimum Gasteiger partial charge on any atom is -0.342 e. The molecule has 3 heterocycles. The summed E-state index contributed by atoms with van der Waals surface area (Å²) in [5.74, 6) is 1.46. The Kier molecular flexibility index (Phi) is 8.44. The van der Waals surface area contributed by atoms with Crippen LogP contribution in [0.15, 0.2) is 0 Å². The zero-order valence-electron chi connectivity index (χ0n) is 17.0. The number of likely N-dealkylation sites (tertiary alicyclic amines) is 1. The van der Waals surface area contributed by atoms with Gasteiger partial charge in [0.25, 0.3) is 0 Å². The van der Waals surface area contributed by atoms with Gasteiger partial charge in [0, 0.05) is 51.6 Å². The van der Waals surface area contributed by atoms with Crippen LogP contribution in [0.3, 0.4) is 0 Å². The molecule has 1 atom stereocenters. The van der Waals surface area contributed by atoms with Crippen molar-refractivity contribution >= 4 is 36.6 Å². The summed E-state index contributed by atoms with van der Waals surface area (Å²) in [6.07, 6.45) is 6.10. The summed E-state index contributed by atoms with van der Waals surface area (Å²) in [4.78, 5) is 31.8. The van der Waals surface area contributed by atoms with E-state index < -0.39 is 0 Å². The molecule has 1 spiro atoms. The monoisotopic (exact) mass is 434 g/mol. The lowest BCUT2D eigenvalue weighted by molar-refractivity contribution is -0.136. The molecule has 4 fully saturated rings. The van der Waals surface area contributed by atoms with Crippen molar-refractivity contribution in [3.63, 3.8) is 0 Å². The van der Waals surface area contributed by atoms with E-state index in [0.29, 0.717) is 29.6 Å². The second kappa shape index (κ2) is 9.96. The minimum absolute atomic E-state index is 0. The maximum Gasteiger partial charge on any atom is 0.226 e. The number of nitrogens with zero attached hydrogens (tertiary/aromatic N) is 3. The third kappa shape index (κ3) is 5.13. The molecule has 2 amide bonds. The maximum atomic E-state index is 12.9. The fourth-order valence-corrected chi connectivity index (χ4v) is 5.18. The van der Waals surface area contributed by atoms with Crippen LogP contribution in [0.4, 0.5) is 0 Å². The van der Waals surface area contributed by atoms with Crippen LogP contribution in [-0.2, 0) is 9.59 Å². The molecule has 6 nitrogen and oxygen atoms in total. The number of nitrogens with one attached hydrogen (secondary N) is 1. The first-order chi connectivity index (χ1) is 12.6. The van der Waals surface area contributed by atoms with Crippen LogP contribution < -0.4 is 5.32 Å². The average Bonchev–Trinajstić information content (AvgIpc) is 3.35. The number of likely N-dealkylation sites (N-methyl/N-ethyl adjacent to an activating group) is 1. The average molecular weight is 435 g/mol. The van der Waals surface area contributed by atoms with Gasteiger partial charge in [-0.2, -0.15) is 0 Å². The van der Waals surface area contributed by atoms with Crippen LogP contribution in [0.5, 0.6) is 0 Å². The van der Waals surface area contributed by atoms with Crippen LogP contribution in [0.2, 0.25) is 0 Å². The molecule has 28 heavy (non-hydrogen) atoms. The first-order valence-electron chi connectivity index (χ1n) is 10.5. The van der Waals surface area contributed by atoms with Crippen molar-refractivity contribution in [1.82, 2.24) is 20.0 Å². The topological polar surface area (TPSA) is 55.9 Å². The molecule has 3 saturated heterocycles. The van der Waals surface area contributed by atoms with Crippen LogP contribution in [0, 0.1) is 17.3 Å². The van der Waals surface area contributed by atoms with Gasteiger partial charge >= 0.3 is 0 Å². The molecule has 0 aromatic carbocycles. The Morgan fingerprint density at radius 2 is 1.54 bits per heavy atom. The number of piperidine rings is 2. The maximum absolute atomic E-state index is 12.9. The lowest BCUT2D eigenvalue weighted by atomic mass is 9.90. The molecule has 1 N–H and O–H groups in total. The second-order valence-corrected chi connectivity index (χ2v) is 9.03. The van der Waals surface area contributed by atoms with E-state index >= 15 is 0 Å². The normalized spacial score (nSPS) is 27.7. The zero-order valence-corrected chi connectivity index (χ0v) is 18.7. The quantitative estimate of drug-likeness (QED) is 0.732. The first-order valence-corrected chi connectivity index (χ1v) is 10.5. The van der Waals surface area contributed by atoms with E-state index in [4.69, 9.17) is 0 Å². The van der Waals surface area contributed by atoms with Gasteiger partial charge in [-0.1, -0.05) is 0 Å². The number of hydrogen-bond acceptors (Lipinski definition) is 4. The molecule has 1 saturated carbocycles. The van der Waals surface area contributed by atoms with Gasteiger partial charge in [0.1, 0.15) is 0 Å². The largest absolute Gasteiger partial charge is 0.342 e. The van der Waals surface area contributed by atoms with E-state index in [-0.39, 0.29) is 30.7 Å². The standard InChI is InChI=1S/C20H34N4O2.2ClH/c1-22-10-12-23(13-11-22)18(25)14-16-2-8-24(9-3-16)19(26)17-15-20(17)4-6-21-7-5-20;;/h16-17,21H,2-15H2,1H3;2*1H. The predicted octanol–water partition coefficient (Wildman–Crippen LogP) is 1.62. The van der Waals surface area contributed by atoms with E-state index in [1.165, 1.54) is 12.8 Å². The molecule has 4 rings (SSSR count). The molecule has 8 heteroatoms. The lowest BCUT2D eigenvalue weighted by Gasteiger charge is -2.36. The summed E-state index contributed by atoms with van der Waals surface area (Å²) in [7, 11) is 2.11. The summed E-state index contributed by atoms with van der Waals surface area (Å²) in [6.45, 7) is 7.54. The molecule has 3 aliphatic heterocycles. The third-order valence-corrected chi connectivity index (χ3v) is 7.33. The van der Waals surface area contributed by atoms with Gasteiger partial charge in [-0.3, -0.25) is 9.59 Å². The van der Waals surface area contributed by atoms with E-state index in [1.807, 2.05) is 4.90 Å². The predicted molar refractivity (Wildman–Crippen MR) is 115 cm³/mol. The lowest BCUT2D eigenvalue weighted by Crippen LogP contribution is -2.48. The number of carbonyl (C=O) groups excluding carboxylic acids is 2. The molecule has 0 bridgehead atoms. The fourth-order valence-electron chi connectivity index (χ4n) is 5.18. The first kappa shape index (κ1) is 23.7. The van der Waals surface area contributed by atoms with Gasteiger partial charge in [0.05, 0.1) is 0 Å². The van der Waals surface area contributed by atoms with Crippen molar-refractivity contribution in [2.75, 3.05) is 59.4 Å². The molecule has 1 aliphatic carbocycles.